The predicted molar refractivity (Wildman–Crippen MR) is 74.4 cm³/mol. The molecule has 0 fully saturated rings. The Morgan fingerprint density at radius 2 is 2.20 bits per heavy atom. The van der Waals surface area contributed by atoms with Crippen molar-refractivity contribution in [3.8, 4) is 0 Å². The van der Waals surface area contributed by atoms with Gasteiger partial charge >= 0.3 is 6.03 Å². The van der Waals surface area contributed by atoms with Gasteiger partial charge < -0.3 is 5.32 Å². The molecule has 0 saturated carbocycles. The van der Waals surface area contributed by atoms with Gasteiger partial charge in [0.2, 0.25) is 0 Å². The van der Waals surface area contributed by atoms with Crippen LogP contribution in [-0.4, -0.2) is 37.4 Å². The molecule has 108 valence electrons. The molecule has 0 radical (unpaired) electrons. The van der Waals surface area contributed by atoms with Gasteiger partial charge in [0.25, 0.3) is 0 Å². The highest BCUT2D eigenvalue weighted by atomic mass is 16.2. The van der Waals surface area contributed by atoms with E-state index >= 15 is 0 Å². The topological polar surface area (TPSA) is 89.7 Å². The van der Waals surface area contributed by atoms with Crippen molar-refractivity contribution in [1.29, 1.82) is 0 Å². The van der Waals surface area contributed by atoms with Crippen molar-refractivity contribution in [3.05, 3.63) is 23.7 Å². The minimum Gasteiger partial charge on any atom is -0.336 e. The molecule has 1 atom stereocenters. The number of hydrogen-bond donors (Lipinski definition) is 2. The number of carbonyl (C=O) groups is 1. The average molecular weight is 277 g/mol. The van der Waals surface area contributed by atoms with Gasteiger partial charge in [-0.15, -0.1) is 5.10 Å². The number of rotatable bonds is 4. The zero-order valence-electron chi connectivity index (χ0n) is 12.1. The van der Waals surface area contributed by atoms with Crippen LogP contribution in [0.15, 0.2) is 12.3 Å². The van der Waals surface area contributed by atoms with Crippen molar-refractivity contribution in [2.24, 2.45) is 7.05 Å². The molecule has 2 aromatic rings. The molecule has 0 aliphatic carbocycles. The highest BCUT2D eigenvalue weighted by Crippen LogP contribution is 2.09. The fourth-order valence-corrected chi connectivity index (χ4v) is 1.98. The Kier molecular flexibility index (Phi) is 4.02. The monoisotopic (exact) mass is 277 g/mol. The van der Waals surface area contributed by atoms with Crippen LogP contribution in [0.1, 0.15) is 24.4 Å². The molecule has 0 bridgehead atoms. The number of carbonyl (C=O) groups excluding carboxylic acids is 1. The third-order valence-electron chi connectivity index (χ3n) is 2.86. The van der Waals surface area contributed by atoms with Crippen LogP contribution in [0.25, 0.3) is 0 Å². The Morgan fingerprint density at radius 3 is 2.75 bits per heavy atom. The van der Waals surface area contributed by atoms with Gasteiger partial charge in [0, 0.05) is 19.3 Å². The van der Waals surface area contributed by atoms with E-state index in [4.69, 9.17) is 0 Å². The molecule has 2 amide bonds. The summed E-state index contributed by atoms with van der Waals surface area (Å²) in [6.07, 6.45) is 1.63. The van der Waals surface area contributed by atoms with E-state index in [9.17, 15) is 4.79 Å². The number of aromatic nitrogens is 5. The number of amides is 2. The van der Waals surface area contributed by atoms with E-state index in [1.54, 1.807) is 13.2 Å². The van der Waals surface area contributed by atoms with Crippen LogP contribution in [0.4, 0.5) is 10.6 Å². The lowest BCUT2D eigenvalue weighted by Crippen LogP contribution is -2.33. The summed E-state index contributed by atoms with van der Waals surface area (Å²) in [5, 5.41) is 17.3. The smallest absolute Gasteiger partial charge is 0.320 e. The summed E-state index contributed by atoms with van der Waals surface area (Å²) in [4.78, 5) is 11.7. The first-order valence-electron chi connectivity index (χ1n) is 6.39. The number of hydrogen-bond acceptors (Lipinski definition) is 4. The Hall–Kier alpha value is -2.38. The first kappa shape index (κ1) is 14.0. The van der Waals surface area contributed by atoms with Gasteiger partial charge in [-0.05, 0) is 26.8 Å². The second-order valence-electron chi connectivity index (χ2n) is 4.83. The molecule has 0 aliphatic rings. The Morgan fingerprint density at radius 1 is 1.45 bits per heavy atom. The van der Waals surface area contributed by atoms with Gasteiger partial charge in [0.1, 0.15) is 0 Å². The zero-order chi connectivity index (χ0) is 14.7. The van der Waals surface area contributed by atoms with E-state index in [2.05, 4.69) is 26.0 Å². The SMILES string of the molecule is Cc1cc(C)n([C@@H](C)CNC(=O)Nc2cn(C)nn2)n1. The summed E-state index contributed by atoms with van der Waals surface area (Å²) < 4.78 is 3.42. The second kappa shape index (κ2) is 5.72. The van der Waals surface area contributed by atoms with Crippen molar-refractivity contribution in [1.82, 2.24) is 30.1 Å². The molecule has 8 heteroatoms. The Labute approximate surface area is 117 Å². The highest BCUT2D eigenvalue weighted by molar-refractivity contribution is 5.87. The summed E-state index contributed by atoms with van der Waals surface area (Å²) in [6, 6.07) is 1.78. The Balaban J connectivity index is 1.85. The lowest BCUT2D eigenvalue weighted by atomic mass is 10.3. The molecule has 8 nitrogen and oxygen atoms in total. The fraction of sp³-hybridized carbons (Fsp3) is 0.500. The molecule has 0 unspecified atom stereocenters. The van der Waals surface area contributed by atoms with Gasteiger partial charge in [-0.1, -0.05) is 5.21 Å². The first-order chi connectivity index (χ1) is 9.45. The average Bonchev–Trinajstić information content (AvgIpc) is 2.92. The Bertz CT molecular complexity index is 601. The van der Waals surface area contributed by atoms with Gasteiger partial charge in [-0.2, -0.15) is 5.10 Å². The molecule has 2 rings (SSSR count). The lowest BCUT2D eigenvalue weighted by Gasteiger charge is -2.15. The lowest BCUT2D eigenvalue weighted by molar-refractivity contribution is 0.250. The maximum absolute atomic E-state index is 11.7. The van der Waals surface area contributed by atoms with Crippen molar-refractivity contribution >= 4 is 11.8 Å². The molecule has 0 spiro atoms. The predicted octanol–water partition coefficient (Wildman–Crippen LogP) is 1.01. The van der Waals surface area contributed by atoms with Crippen LogP contribution >= 0.6 is 0 Å². The van der Waals surface area contributed by atoms with Gasteiger partial charge in [0.05, 0.1) is 17.9 Å². The quantitative estimate of drug-likeness (QED) is 0.872. The number of aryl methyl sites for hydroxylation is 3. The van der Waals surface area contributed by atoms with Crippen LogP contribution in [0, 0.1) is 13.8 Å². The minimum atomic E-state index is -0.307. The molecule has 0 saturated heterocycles. The van der Waals surface area contributed by atoms with E-state index in [0.29, 0.717) is 12.4 Å². The fourth-order valence-electron chi connectivity index (χ4n) is 1.98. The van der Waals surface area contributed by atoms with E-state index in [1.165, 1.54) is 4.68 Å². The van der Waals surface area contributed by atoms with Crippen LogP contribution in [-0.2, 0) is 7.05 Å². The normalized spacial score (nSPS) is 12.2. The number of urea groups is 1. The second-order valence-corrected chi connectivity index (χ2v) is 4.83. The summed E-state index contributed by atoms with van der Waals surface area (Å²) in [7, 11) is 1.74. The number of anilines is 1. The zero-order valence-corrected chi connectivity index (χ0v) is 12.1. The maximum atomic E-state index is 11.7. The van der Waals surface area contributed by atoms with E-state index in [0.717, 1.165) is 11.4 Å². The van der Waals surface area contributed by atoms with E-state index in [-0.39, 0.29) is 12.1 Å². The van der Waals surface area contributed by atoms with Crippen LogP contribution in [0.5, 0.6) is 0 Å². The number of nitrogens with one attached hydrogen (secondary N) is 2. The third kappa shape index (κ3) is 3.34. The summed E-state index contributed by atoms with van der Waals surface area (Å²) in [5.74, 6) is 0.420. The molecule has 2 aromatic heterocycles. The molecule has 2 N–H and O–H groups in total. The number of nitrogens with zero attached hydrogens (tertiary/aromatic N) is 5. The largest absolute Gasteiger partial charge is 0.336 e. The van der Waals surface area contributed by atoms with Crippen molar-refractivity contribution < 1.29 is 4.79 Å². The van der Waals surface area contributed by atoms with E-state index < -0.39 is 0 Å². The molecular weight excluding hydrogens is 258 g/mol. The molecule has 0 aromatic carbocycles. The van der Waals surface area contributed by atoms with Gasteiger partial charge in [0.15, 0.2) is 5.82 Å². The summed E-state index contributed by atoms with van der Waals surface area (Å²) in [6.45, 7) is 6.43. The van der Waals surface area contributed by atoms with Crippen LogP contribution in [0.2, 0.25) is 0 Å². The van der Waals surface area contributed by atoms with Crippen LogP contribution in [0.3, 0.4) is 0 Å². The summed E-state index contributed by atoms with van der Waals surface area (Å²) >= 11 is 0. The molecular formula is C12H19N7O. The molecule has 2 heterocycles. The van der Waals surface area contributed by atoms with Gasteiger partial charge in [-0.25, -0.2) is 4.79 Å². The molecule has 20 heavy (non-hydrogen) atoms. The summed E-state index contributed by atoms with van der Waals surface area (Å²) in [5.41, 5.74) is 2.05. The highest BCUT2D eigenvalue weighted by Gasteiger charge is 2.11. The minimum absolute atomic E-state index is 0.0799. The third-order valence-corrected chi connectivity index (χ3v) is 2.86. The van der Waals surface area contributed by atoms with Crippen LogP contribution < -0.4 is 10.6 Å². The van der Waals surface area contributed by atoms with Gasteiger partial charge in [-0.3, -0.25) is 14.7 Å². The van der Waals surface area contributed by atoms with Crippen molar-refractivity contribution in [2.75, 3.05) is 11.9 Å². The maximum Gasteiger partial charge on any atom is 0.320 e. The van der Waals surface area contributed by atoms with Crippen molar-refractivity contribution in [2.45, 2.75) is 26.8 Å². The molecule has 0 aliphatic heterocycles. The standard InChI is InChI=1S/C12H19N7O/c1-8-5-9(2)19(16-8)10(3)6-13-12(20)14-11-7-18(4)17-15-11/h5,7,10H,6H2,1-4H3,(H2,13,14,20)/t10-/m0/s1. The van der Waals surface area contributed by atoms with Crippen molar-refractivity contribution in [3.63, 3.8) is 0 Å². The van der Waals surface area contributed by atoms with E-state index in [1.807, 2.05) is 31.5 Å². The first-order valence-corrected chi connectivity index (χ1v) is 6.39.